The first-order valence-electron chi connectivity index (χ1n) is 8.23. The van der Waals surface area contributed by atoms with Crippen molar-refractivity contribution in [3.63, 3.8) is 0 Å². The molecule has 1 aliphatic heterocycles. The van der Waals surface area contributed by atoms with Crippen molar-refractivity contribution in [3.05, 3.63) is 52.0 Å². The Balaban J connectivity index is 1.55. The summed E-state index contributed by atoms with van der Waals surface area (Å²) in [5, 5.41) is 15.7. The van der Waals surface area contributed by atoms with Crippen LogP contribution in [0, 0.1) is 0 Å². The van der Waals surface area contributed by atoms with E-state index in [1.807, 2.05) is 30.3 Å². The Morgan fingerprint density at radius 3 is 2.96 bits per heavy atom. The van der Waals surface area contributed by atoms with Gasteiger partial charge in [-0.05, 0) is 25.3 Å². The van der Waals surface area contributed by atoms with E-state index >= 15 is 0 Å². The number of ether oxygens (including phenoxy) is 1. The molecule has 2 aromatic rings. The molecule has 0 saturated carbocycles. The maximum Gasteiger partial charge on any atom is 0.271 e. The van der Waals surface area contributed by atoms with Crippen molar-refractivity contribution in [2.75, 3.05) is 6.61 Å². The molecule has 1 aromatic carbocycles. The SMILES string of the molecule is CC(NC(=O)c1csc(C2CCCO2)n1)C(O)Cc1ccccc1. The van der Waals surface area contributed by atoms with Gasteiger partial charge in [-0.15, -0.1) is 11.3 Å². The monoisotopic (exact) mass is 346 g/mol. The Morgan fingerprint density at radius 1 is 1.46 bits per heavy atom. The number of thiazole rings is 1. The summed E-state index contributed by atoms with van der Waals surface area (Å²) < 4.78 is 5.59. The molecule has 1 saturated heterocycles. The first-order valence-corrected chi connectivity index (χ1v) is 9.11. The van der Waals surface area contributed by atoms with Crippen LogP contribution in [0.4, 0.5) is 0 Å². The summed E-state index contributed by atoms with van der Waals surface area (Å²) in [6.45, 7) is 2.56. The van der Waals surface area contributed by atoms with E-state index in [-0.39, 0.29) is 18.1 Å². The zero-order chi connectivity index (χ0) is 16.9. The molecular weight excluding hydrogens is 324 g/mol. The lowest BCUT2D eigenvalue weighted by atomic mass is 10.0. The molecule has 0 spiro atoms. The molecule has 1 aliphatic rings. The fourth-order valence-corrected chi connectivity index (χ4v) is 3.60. The highest BCUT2D eigenvalue weighted by Gasteiger charge is 2.24. The molecule has 2 N–H and O–H groups in total. The van der Waals surface area contributed by atoms with Gasteiger partial charge in [0.15, 0.2) is 0 Å². The first kappa shape index (κ1) is 17.1. The molecule has 3 rings (SSSR count). The average Bonchev–Trinajstić information content (AvgIpc) is 3.27. The molecule has 2 heterocycles. The standard InChI is InChI=1S/C18H22N2O3S/c1-12(15(21)10-13-6-3-2-4-7-13)19-17(22)14-11-24-18(20-14)16-8-5-9-23-16/h2-4,6-7,11-12,15-16,21H,5,8-10H2,1H3,(H,19,22). The van der Waals surface area contributed by atoms with Crippen molar-refractivity contribution in [1.82, 2.24) is 10.3 Å². The van der Waals surface area contributed by atoms with Crippen LogP contribution in [-0.2, 0) is 11.2 Å². The van der Waals surface area contributed by atoms with Crippen LogP contribution in [0.2, 0.25) is 0 Å². The van der Waals surface area contributed by atoms with Gasteiger partial charge in [-0.25, -0.2) is 4.98 Å². The van der Waals surface area contributed by atoms with E-state index < -0.39 is 6.10 Å². The Labute approximate surface area is 145 Å². The van der Waals surface area contributed by atoms with Gasteiger partial charge in [0, 0.05) is 18.4 Å². The van der Waals surface area contributed by atoms with Gasteiger partial charge in [0.1, 0.15) is 16.8 Å². The van der Waals surface area contributed by atoms with Gasteiger partial charge in [-0.3, -0.25) is 4.79 Å². The zero-order valence-electron chi connectivity index (χ0n) is 13.6. The number of amides is 1. The van der Waals surface area contributed by atoms with Crippen molar-refractivity contribution < 1.29 is 14.6 Å². The number of nitrogens with one attached hydrogen (secondary N) is 1. The summed E-state index contributed by atoms with van der Waals surface area (Å²) in [4.78, 5) is 16.7. The third-order valence-electron chi connectivity index (χ3n) is 4.18. The van der Waals surface area contributed by atoms with Crippen LogP contribution in [0.5, 0.6) is 0 Å². The van der Waals surface area contributed by atoms with E-state index in [1.54, 1.807) is 12.3 Å². The lowest BCUT2D eigenvalue weighted by Crippen LogP contribution is -2.42. The Kier molecular flexibility index (Phi) is 5.60. The average molecular weight is 346 g/mol. The van der Waals surface area contributed by atoms with Crippen molar-refractivity contribution in [1.29, 1.82) is 0 Å². The summed E-state index contributed by atoms with van der Waals surface area (Å²) in [5.41, 5.74) is 1.43. The quantitative estimate of drug-likeness (QED) is 0.844. The van der Waals surface area contributed by atoms with E-state index in [0.717, 1.165) is 30.0 Å². The van der Waals surface area contributed by atoms with Crippen molar-refractivity contribution in [3.8, 4) is 0 Å². The van der Waals surface area contributed by atoms with E-state index in [2.05, 4.69) is 10.3 Å². The van der Waals surface area contributed by atoms with Crippen molar-refractivity contribution >= 4 is 17.2 Å². The van der Waals surface area contributed by atoms with Crippen molar-refractivity contribution in [2.24, 2.45) is 0 Å². The summed E-state index contributed by atoms with van der Waals surface area (Å²) >= 11 is 1.45. The molecule has 0 aliphatic carbocycles. The molecule has 3 atom stereocenters. The third-order valence-corrected chi connectivity index (χ3v) is 5.12. The first-order chi connectivity index (χ1) is 11.6. The number of carbonyl (C=O) groups is 1. The zero-order valence-corrected chi connectivity index (χ0v) is 14.5. The van der Waals surface area contributed by atoms with Crippen LogP contribution in [0.15, 0.2) is 35.7 Å². The molecule has 1 aromatic heterocycles. The highest BCUT2D eigenvalue weighted by molar-refractivity contribution is 7.09. The molecule has 3 unspecified atom stereocenters. The fraction of sp³-hybridized carbons (Fsp3) is 0.444. The highest BCUT2D eigenvalue weighted by Crippen LogP contribution is 2.30. The van der Waals surface area contributed by atoms with E-state index in [4.69, 9.17) is 4.74 Å². The van der Waals surface area contributed by atoms with Crippen LogP contribution >= 0.6 is 11.3 Å². The second kappa shape index (κ2) is 7.88. The number of nitrogens with zero attached hydrogens (tertiary/aromatic N) is 1. The van der Waals surface area contributed by atoms with E-state index in [9.17, 15) is 9.90 Å². The summed E-state index contributed by atoms with van der Waals surface area (Å²) in [7, 11) is 0. The second-order valence-corrected chi connectivity index (χ2v) is 6.98. The van der Waals surface area contributed by atoms with Gasteiger partial charge >= 0.3 is 0 Å². The fourth-order valence-electron chi connectivity index (χ4n) is 2.72. The van der Waals surface area contributed by atoms with Crippen LogP contribution in [-0.4, -0.2) is 34.8 Å². The number of hydrogen-bond acceptors (Lipinski definition) is 5. The lowest BCUT2D eigenvalue weighted by molar-refractivity contribution is 0.0845. The summed E-state index contributed by atoms with van der Waals surface area (Å²) in [6.07, 6.45) is 1.88. The number of aromatic nitrogens is 1. The molecule has 1 fully saturated rings. The van der Waals surface area contributed by atoms with Gasteiger partial charge in [0.25, 0.3) is 5.91 Å². The Morgan fingerprint density at radius 2 is 2.25 bits per heavy atom. The van der Waals surface area contributed by atoms with Gasteiger partial charge in [-0.2, -0.15) is 0 Å². The maximum absolute atomic E-state index is 12.3. The van der Waals surface area contributed by atoms with Crippen LogP contribution < -0.4 is 5.32 Å². The molecule has 24 heavy (non-hydrogen) atoms. The van der Waals surface area contributed by atoms with Gasteiger partial charge in [0.2, 0.25) is 0 Å². The molecule has 6 heteroatoms. The molecule has 0 bridgehead atoms. The molecule has 1 amide bonds. The normalized spacial score (nSPS) is 19.8. The molecule has 5 nitrogen and oxygen atoms in total. The van der Waals surface area contributed by atoms with E-state index in [0.29, 0.717) is 12.1 Å². The molecule has 0 radical (unpaired) electrons. The number of hydrogen-bond donors (Lipinski definition) is 2. The van der Waals surface area contributed by atoms with Crippen LogP contribution in [0.25, 0.3) is 0 Å². The topological polar surface area (TPSA) is 71.5 Å². The van der Waals surface area contributed by atoms with Crippen LogP contribution in [0.1, 0.15) is 46.9 Å². The smallest absolute Gasteiger partial charge is 0.271 e. The third kappa shape index (κ3) is 4.20. The van der Waals surface area contributed by atoms with Gasteiger partial charge in [-0.1, -0.05) is 30.3 Å². The second-order valence-electron chi connectivity index (χ2n) is 6.09. The molecular formula is C18H22N2O3S. The summed E-state index contributed by atoms with van der Waals surface area (Å²) in [5.74, 6) is -0.255. The predicted octanol–water partition coefficient (Wildman–Crippen LogP) is 2.72. The van der Waals surface area contributed by atoms with Crippen LogP contribution in [0.3, 0.4) is 0 Å². The number of carbonyl (C=O) groups excluding carboxylic acids is 1. The largest absolute Gasteiger partial charge is 0.391 e. The number of benzene rings is 1. The predicted molar refractivity (Wildman–Crippen MR) is 93.1 cm³/mol. The minimum atomic E-state index is -0.646. The number of aliphatic hydroxyl groups excluding tert-OH is 1. The maximum atomic E-state index is 12.3. The summed E-state index contributed by atoms with van der Waals surface area (Å²) in [6, 6.07) is 9.39. The van der Waals surface area contributed by atoms with Gasteiger partial charge in [0.05, 0.1) is 12.1 Å². The number of rotatable bonds is 6. The Bertz CT molecular complexity index is 668. The minimum Gasteiger partial charge on any atom is -0.391 e. The number of aliphatic hydroxyl groups is 1. The van der Waals surface area contributed by atoms with E-state index in [1.165, 1.54) is 11.3 Å². The lowest BCUT2D eigenvalue weighted by Gasteiger charge is -2.20. The van der Waals surface area contributed by atoms with Gasteiger partial charge < -0.3 is 15.2 Å². The minimum absolute atomic E-state index is 0.0256. The molecule has 128 valence electrons. The highest BCUT2D eigenvalue weighted by atomic mass is 32.1. The van der Waals surface area contributed by atoms with Crippen molar-refractivity contribution in [2.45, 2.75) is 44.4 Å². The Hall–Kier alpha value is -1.76.